The smallest absolute Gasteiger partial charge is 0.236 e. The number of nitrogens with zero attached hydrogens (tertiary/aromatic N) is 1. The van der Waals surface area contributed by atoms with Crippen LogP contribution in [0.2, 0.25) is 0 Å². The Kier molecular flexibility index (Phi) is 5.23. The minimum atomic E-state index is -0.0474. The molecule has 0 radical (unpaired) electrons. The number of hydrogen-bond acceptors (Lipinski definition) is 5. The van der Waals surface area contributed by atoms with Crippen LogP contribution >= 0.6 is 23.1 Å². The van der Waals surface area contributed by atoms with E-state index in [-0.39, 0.29) is 5.91 Å². The number of thioether (sulfide) groups is 1. The third-order valence-corrected chi connectivity index (χ3v) is 3.88. The maximum atomic E-state index is 11.7. The highest BCUT2D eigenvalue weighted by Gasteiger charge is 2.05. The Hall–Kier alpha value is -1.53. The predicted octanol–water partition coefficient (Wildman–Crippen LogP) is 3.27. The van der Waals surface area contributed by atoms with Crippen molar-refractivity contribution in [3.05, 3.63) is 35.8 Å². The molecule has 0 atom stereocenters. The van der Waals surface area contributed by atoms with Crippen LogP contribution in [0.1, 0.15) is 6.92 Å². The summed E-state index contributed by atoms with van der Waals surface area (Å²) < 4.78 is 5.36. The van der Waals surface area contributed by atoms with Crippen LogP contribution in [0.3, 0.4) is 0 Å². The van der Waals surface area contributed by atoms with Crippen molar-refractivity contribution in [2.24, 2.45) is 0 Å². The van der Waals surface area contributed by atoms with Crippen molar-refractivity contribution in [1.29, 1.82) is 0 Å². The largest absolute Gasteiger partial charge is 0.494 e. The van der Waals surface area contributed by atoms with Crippen LogP contribution in [-0.2, 0) is 4.79 Å². The van der Waals surface area contributed by atoms with Crippen molar-refractivity contribution in [2.75, 3.05) is 17.7 Å². The van der Waals surface area contributed by atoms with E-state index in [1.807, 2.05) is 36.6 Å². The number of thiazole rings is 1. The van der Waals surface area contributed by atoms with Gasteiger partial charge < -0.3 is 10.1 Å². The first-order valence-corrected chi connectivity index (χ1v) is 7.69. The van der Waals surface area contributed by atoms with Gasteiger partial charge in [0.1, 0.15) is 5.75 Å². The van der Waals surface area contributed by atoms with E-state index in [0.717, 1.165) is 10.6 Å². The van der Waals surface area contributed by atoms with Gasteiger partial charge in [0.05, 0.1) is 12.4 Å². The molecule has 0 unspecified atom stereocenters. The van der Waals surface area contributed by atoms with E-state index in [1.54, 1.807) is 6.20 Å². The highest BCUT2D eigenvalue weighted by atomic mass is 32.2. The molecule has 0 aliphatic heterocycles. The Morgan fingerprint density at radius 1 is 1.42 bits per heavy atom. The summed E-state index contributed by atoms with van der Waals surface area (Å²) in [6.07, 6.45) is 1.67. The number of nitrogens with one attached hydrogen (secondary N) is 1. The molecule has 1 aromatic heterocycles. The Labute approximate surface area is 120 Å². The molecule has 1 N–H and O–H groups in total. The molecule has 1 heterocycles. The molecule has 19 heavy (non-hydrogen) atoms. The third-order valence-electron chi connectivity index (χ3n) is 2.18. The summed E-state index contributed by atoms with van der Waals surface area (Å²) in [5.74, 6) is 1.17. The SMILES string of the molecule is CCOc1ccc(SCC(=O)Nc2nccs2)cc1. The average Bonchev–Trinajstić information content (AvgIpc) is 2.91. The number of amides is 1. The number of benzene rings is 1. The maximum absolute atomic E-state index is 11.7. The van der Waals surface area contributed by atoms with Gasteiger partial charge in [0.25, 0.3) is 0 Å². The van der Waals surface area contributed by atoms with Gasteiger partial charge in [-0.2, -0.15) is 0 Å². The lowest BCUT2D eigenvalue weighted by molar-refractivity contribution is -0.113. The van der Waals surface area contributed by atoms with Crippen LogP contribution in [0, 0.1) is 0 Å². The second-order valence-electron chi connectivity index (χ2n) is 3.58. The van der Waals surface area contributed by atoms with E-state index in [9.17, 15) is 4.79 Å². The summed E-state index contributed by atoms with van der Waals surface area (Å²) in [5.41, 5.74) is 0. The second-order valence-corrected chi connectivity index (χ2v) is 5.52. The minimum absolute atomic E-state index is 0.0474. The number of carbonyl (C=O) groups excluding carboxylic acids is 1. The van der Waals surface area contributed by atoms with Crippen molar-refractivity contribution in [1.82, 2.24) is 4.98 Å². The Morgan fingerprint density at radius 3 is 2.84 bits per heavy atom. The maximum Gasteiger partial charge on any atom is 0.236 e. The molecule has 0 saturated heterocycles. The molecule has 4 nitrogen and oxygen atoms in total. The van der Waals surface area contributed by atoms with E-state index in [2.05, 4.69) is 10.3 Å². The zero-order chi connectivity index (χ0) is 13.5. The van der Waals surface area contributed by atoms with Gasteiger partial charge in [-0.25, -0.2) is 4.98 Å². The van der Waals surface area contributed by atoms with Gasteiger partial charge in [-0.3, -0.25) is 4.79 Å². The van der Waals surface area contributed by atoms with Gasteiger partial charge in [-0.05, 0) is 31.2 Å². The van der Waals surface area contributed by atoms with Gasteiger partial charge in [0.15, 0.2) is 5.13 Å². The summed E-state index contributed by atoms with van der Waals surface area (Å²) in [5, 5.41) is 5.21. The van der Waals surface area contributed by atoms with Crippen LogP contribution in [0.25, 0.3) is 0 Å². The predicted molar refractivity (Wildman–Crippen MR) is 79.1 cm³/mol. The van der Waals surface area contributed by atoms with Gasteiger partial charge in [0, 0.05) is 16.5 Å². The molecule has 0 aliphatic rings. The molecule has 0 bridgehead atoms. The van der Waals surface area contributed by atoms with Crippen LogP contribution in [0.4, 0.5) is 5.13 Å². The lowest BCUT2D eigenvalue weighted by atomic mass is 10.3. The van der Waals surface area contributed by atoms with Crippen molar-refractivity contribution in [3.63, 3.8) is 0 Å². The molecule has 2 aromatic rings. The van der Waals surface area contributed by atoms with Gasteiger partial charge in [0.2, 0.25) is 5.91 Å². The van der Waals surface area contributed by atoms with Crippen molar-refractivity contribution in [2.45, 2.75) is 11.8 Å². The summed E-state index contributed by atoms with van der Waals surface area (Å²) in [6, 6.07) is 7.72. The molecule has 100 valence electrons. The summed E-state index contributed by atoms with van der Waals surface area (Å²) in [6.45, 7) is 2.61. The fraction of sp³-hybridized carbons (Fsp3) is 0.231. The lowest BCUT2D eigenvalue weighted by Gasteiger charge is -2.05. The van der Waals surface area contributed by atoms with Crippen molar-refractivity contribution >= 4 is 34.1 Å². The van der Waals surface area contributed by atoms with E-state index in [1.165, 1.54) is 23.1 Å². The van der Waals surface area contributed by atoms with E-state index in [4.69, 9.17) is 4.74 Å². The van der Waals surface area contributed by atoms with Crippen LogP contribution < -0.4 is 10.1 Å². The Bertz CT molecular complexity index is 512. The quantitative estimate of drug-likeness (QED) is 0.831. The Morgan fingerprint density at radius 2 is 2.21 bits per heavy atom. The molecule has 1 amide bonds. The molecular weight excluding hydrogens is 280 g/mol. The molecular formula is C13H14N2O2S2. The molecule has 6 heteroatoms. The monoisotopic (exact) mass is 294 g/mol. The zero-order valence-corrected chi connectivity index (χ0v) is 12.1. The van der Waals surface area contributed by atoms with Gasteiger partial charge in [-0.15, -0.1) is 23.1 Å². The number of carbonyl (C=O) groups is 1. The number of hydrogen-bond donors (Lipinski definition) is 1. The third kappa shape index (κ3) is 4.57. The van der Waals surface area contributed by atoms with Crippen molar-refractivity contribution in [3.8, 4) is 5.75 Å². The minimum Gasteiger partial charge on any atom is -0.494 e. The number of ether oxygens (including phenoxy) is 1. The molecule has 0 saturated carbocycles. The molecule has 0 spiro atoms. The molecule has 1 aromatic carbocycles. The topological polar surface area (TPSA) is 51.2 Å². The molecule has 2 rings (SSSR count). The highest BCUT2D eigenvalue weighted by molar-refractivity contribution is 8.00. The zero-order valence-electron chi connectivity index (χ0n) is 10.5. The number of aromatic nitrogens is 1. The van der Waals surface area contributed by atoms with Crippen LogP contribution in [0.15, 0.2) is 40.7 Å². The molecule has 0 fully saturated rings. The standard InChI is InChI=1S/C13H14N2O2S2/c1-2-17-10-3-5-11(6-4-10)19-9-12(16)15-13-14-7-8-18-13/h3-8H,2,9H2,1H3,(H,14,15,16). The van der Waals surface area contributed by atoms with Gasteiger partial charge >= 0.3 is 0 Å². The highest BCUT2D eigenvalue weighted by Crippen LogP contribution is 2.21. The first kappa shape index (κ1) is 13.9. The second kappa shape index (κ2) is 7.16. The number of anilines is 1. The fourth-order valence-corrected chi connectivity index (χ4v) is 2.63. The van der Waals surface area contributed by atoms with Gasteiger partial charge in [-0.1, -0.05) is 0 Å². The summed E-state index contributed by atoms with van der Waals surface area (Å²) in [4.78, 5) is 16.7. The first-order chi connectivity index (χ1) is 9.28. The van der Waals surface area contributed by atoms with E-state index >= 15 is 0 Å². The Balaban J connectivity index is 1.79. The summed E-state index contributed by atoms with van der Waals surface area (Å²) in [7, 11) is 0. The van der Waals surface area contributed by atoms with E-state index < -0.39 is 0 Å². The number of rotatable bonds is 6. The lowest BCUT2D eigenvalue weighted by Crippen LogP contribution is -2.13. The molecule has 0 aliphatic carbocycles. The summed E-state index contributed by atoms with van der Waals surface area (Å²) >= 11 is 2.90. The fourth-order valence-electron chi connectivity index (χ4n) is 1.39. The first-order valence-electron chi connectivity index (χ1n) is 5.83. The average molecular weight is 294 g/mol. The van der Waals surface area contributed by atoms with Crippen LogP contribution in [0.5, 0.6) is 5.75 Å². The normalized spacial score (nSPS) is 10.2. The van der Waals surface area contributed by atoms with Crippen molar-refractivity contribution < 1.29 is 9.53 Å². The van der Waals surface area contributed by atoms with E-state index in [0.29, 0.717) is 17.5 Å². The van der Waals surface area contributed by atoms with Crippen LogP contribution in [-0.4, -0.2) is 23.3 Å².